The summed E-state index contributed by atoms with van der Waals surface area (Å²) >= 11 is 0. The number of hydrogen-bond donors (Lipinski definition) is 0. The molecule has 0 N–H and O–H groups in total. The van der Waals surface area contributed by atoms with Crippen molar-refractivity contribution in [3.63, 3.8) is 0 Å². The number of nitrogens with zero attached hydrogens (tertiary/aromatic N) is 1. The van der Waals surface area contributed by atoms with E-state index in [4.69, 9.17) is 4.74 Å². The van der Waals surface area contributed by atoms with Gasteiger partial charge in [-0.1, -0.05) is 0 Å². The zero-order valence-electron chi connectivity index (χ0n) is 12.4. The quantitative estimate of drug-likeness (QED) is 0.784. The maximum atomic E-state index is 14.1. The van der Waals surface area contributed by atoms with Crippen molar-refractivity contribution in [2.45, 2.75) is 25.7 Å². The number of alkyl halides is 2. The number of carbonyl (C=O) groups excluding carboxylic acids is 2. The molecule has 7 heteroatoms. The molecule has 5 nitrogen and oxygen atoms in total. The van der Waals surface area contributed by atoms with Gasteiger partial charge in [0.2, 0.25) is 5.91 Å². The average molecular weight is 313 g/mol. The van der Waals surface area contributed by atoms with Gasteiger partial charge >= 0.3 is 11.9 Å². The second-order valence-electron chi connectivity index (χ2n) is 4.83. The monoisotopic (exact) mass is 313 g/mol. The Labute approximate surface area is 126 Å². The summed E-state index contributed by atoms with van der Waals surface area (Å²) < 4.78 is 37.6. The van der Waals surface area contributed by atoms with Crippen LogP contribution in [0.15, 0.2) is 18.2 Å². The van der Waals surface area contributed by atoms with E-state index in [1.165, 1.54) is 31.1 Å². The number of esters is 1. The first kappa shape index (κ1) is 16.2. The molecular formula is C15H17F2NO4. The molecule has 1 aliphatic rings. The van der Waals surface area contributed by atoms with Crippen molar-refractivity contribution in [1.29, 1.82) is 0 Å². The average Bonchev–Trinajstić information content (AvgIpc) is 2.92. The van der Waals surface area contributed by atoms with E-state index in [1.807, 2.05) is 0 Å². The van der Waals surface area contributed by atoms with Gasteiger partial charge < -0.3 is 14.4 Å². The second kappa shape index (κ2) is 6.29. The smallest absolute Gasteiger partial charge is 0.382 e. The summed E-state index contributed by atoms with van der Waals surface area (Å²) in [6.07, 6.45) is 1.16. The van der Waals surface area contributed by atoms with Crippen LogP contribution in [-0.4, -0.2) is 32.1 Å². The number of amides is 1. The lowest BCUT2D eigenvalue weighted by Gasteiger charge is -2.21. The molecule has 0 atom stereocenters. The first-order valence-corrected chi connectivity index (χ1v) is 6.95. The molecule has 1 aromatic carbocycles. The summed E-state index contributed by atoms with van der Waals surface area (Å²) in [6.45, 7) is 1.85. The SMILES string of the molecule is CCOC(=O)C(F)(F)c1ccc(N2CCCC2=O)cc1OC. The van der Waals surface area contributed by atoms with Crippen molar-refractivity contribution < 1.29 is 27.8 Å². The molecule has 0 bridgehead atoms. The lowest BCUT2D eigenvalue weighted by molar-refractivity contribution is -0.173. The van der Waals surface area contributed by atoms with Crippen molar-refractivity contribution in [1.82, 2.24) is 0 Å². The van der Waals surface area contributed by atoms with Crippen molar-refractivity contribution >= 4 is 17.6 Å². The molecule has 120 valence electrons. The van der Waals surface area contributed by atoms with Crippen LogP contribution < -0.4 is 9.64 Å². The third-order valence-corrected chi connectivity index (χ3v) is 3.44. The maximum absolute atomic E-state index is 14.1. The first-order valence-electron chi connectivity index (χ1n) is 6.95. The third kappa shape index (κ3) is 2.88. The van der Waals surface area contributed by atoms with Crippen LogP contribution in [0.4, 0.5) is 14.5 Å². The second-order valence-corrected chi connectivity index (χ2v) is 4.83. The lowest BCUT2D eigenvalue weighted by atomic mass is 10.1. The molecular weight excluding hydrogens is 296 g/mol. The summed E-state index contributed by atoms with van der Waals surface area (Å²) in [7, 11) is 1.23. The zero-order chi connectivity index (χ0) is 16.3. The van der Waals surface area contributed by atoms with Crippen LogP contribution in [0.2, 0.25) is 0 Å². The molecule has 2 rings (SSSR count). The Morgan fingerprint density at radius 2 is 2.14 bits per heavy atom. The minimum absolute atomic E-state index is 0.0630. The normalized spacial score (nSPS) is 15.1. The van der Waals surface area contributed by atoms with E-state index >= 15 is 0 Å². The number of anilines is 1. The van der Waals surface area contributed by atoms with Gasteiger partial charge in [0.05, 0.1) is 19.3 Å². The number of carbonyl (C=O) groups is 2. The number of rotatable bonds is 5. The number of hydrogen-bond acceptors (Lipinski definition) is 4. The van der Waals surface area contributed by atoms with E-state index in [1.54, 1.807) is 0 Å². The largest absolute Gasteiger partial charge is 0.496 e. The fourth-order valence-electron chi connectivity index (χ4n) is 2.36. The molecule has 1 amide bonds. The highest BCUT2D eigenvalue weighted by atomic mass is 19.3. The Hall–Kier alpha value is -2.18. The first-order chi connectivity index (χ1) is 10.4. The van der Waals surface area contributed by atoms with Crippen LogP contribution in [0.1, 0.15) is 25.3 Å². The van der Waals surface area contributed by atoms with E-state index in [-0.39, 0.29) is 18.3 Å². The highest BCUT2D eigenvalue weighted by molar-refractivity contribution is 5.95. The van der Waals surface area contributed by atoms with Crippen LogP contribution in [0, 0.1) is 0 Å². The molecule has 1 fully saturated rings. The summed E-state index contributed by atoms with van der Waals surface area (Å²) in [6, 6.07) is 3.82. The number of benzene rings is 1. The summed E-state index contributed by atoms with van der Waals surface area (Å²) in [4.78, 5) is 24.7. The van der Waals surface area contributed by atoms with Gasteiger partial charge in [-0.05, 0) is 25.5 Å². The topological polar surface area (TPSA) is 55.8 Å². The molecule has 0 spiro atoms. The maximum Gasteiger partial charge on any atom is 0.382 e. The minimum atomic E-state index is -3.81. The highest BCUT2D eigenvalue weighted by Crippen LogP contribution is 2.38. The Bertz CT molecular complexity index is 589. The summed E-state index contributed by atoms with van der Waals surface area (Å²) in [5, 5.41) is 0. The number of halogens is 2. The van der Waals surface area contributed by atoms with Gasteiger partial charge in [-0.15, -0.1) is 0 Å². The van der Waals surface area contributed by atoms with Crippen LogP contribution in [0.3, 0.4) is 0 Å². The van der Waals surface area contributed by atoms with Gasteiger partial charge in [-0.25, -0.2) is 4.79 Å². The third-order valence-electron chi connectivity index (χ3n) is 3.44. The molecule has 1 heterocycles. The molecule has 1 aromatic rings. The van der Waals surface area contributed by atoms with Gasteiger partial charge in [-0.2, -0.15) is 8.78 Å². The Morgan fingerprint density at radius 3 is 2.68 bits per heavy atom. The lowest BCUT2D eigenvalue weighted by Crippen LogP contribution is -2.29. The standard InChI is InChI=1S/C15H17F2NO4/c1-3-22-14(20)15(16,17)11-7-6-10(9-12(11)21-2)18-8-4-5-13(18)19/h6-7,9H,3-5,8H2,1-2H3. The van der Waals surface area contributed by atoms with Crippen LogP contribution in [0.25, 0.3) is 0 Å². The minimum Gasteiger partial charge on any atom is -0.496 e. The molecule has 0 radical (unpaired) electrons. The molecule has 22 heavy (non-hydrogen) atoms. The Kier molecular flexibility index (Phi) is 4.63. The van der Waals surface area contributed by atoms with Crippen LogP contribution in [-0.2, 0) is 20.2 Å². The van der Waals surface area contributed by atoms with Crippen molar-refractivity contribution in [2.75, 3.05) is 25.2 Å². The molecule has 0 saturated carbocycles. The molecule has 1 saturated heterocycles. The van der Waals surface area contributed by atoms with E-state index in [0.29, 0.717) is 18.7 Å². The van der Waals surface area contributed by atoms with Crippen molar-refractivity contribution in [2.24, 2.45) is 0 Å². The highest BCUT2D eigenvalue weighted by Gasteiger charge is 2.45. The Balaban J connectivity index is 2.37. The fourth-order valence-corrected chi connectivity index (χ4v) is 2.36. The van der Waals surface area contributed by atoms with Gasteiger partial charge in [0.25, 0.3) is 0 Å². The van der Waals surface area contributed by atoms with E-state index in [9.17, 15) is 18.4 Å². The van der Waals surface area contributed by atoms with Gasteiger partial charge in [0.15, 0.2) is 0 Å². The van der Waals surface area contributed by atoms with E-state index in [0.717, 1.165) is 12.5 Å². The fraction of sp³-hybridized carbons (Fsp3) is 0.467. The van der Waals surface area contributed by atoms with Crippen molar-refractivity contribution in [3.8, 4) is 5.75 Å². The molecule has 1 aliphatic heterocycles. The number of ether oxygens (including phenoxy) is 2. The van der Waals surface area contributed by atoms with Gasteiger partial charge in [0.1, 0.15) is 5.75 Å². The van der Waals surface area contributed by atoms with Gasteiger partial charge in [-0.3, -0.25) is 4.79 Å². The van der Waals surface area contributed by atoms with Crippen LogP contribution in [0.5, 0.6) is 5.75 Å². The van der Waals surface area contributed by atoms with Crippen LogP contribution >= 0.6 is 0 Å². The Morgan fingerprint density at radius 1 is 1.41 bits per heavy atom. The zero-order valence-corrected chi connectivity index (χ0v) is 12.4. The predicted octanol–water partition coefficient (Wildman–Crippen LogP) is 2.48. The number of methoxy groups -OCH3 is 1. The predicted molar refractivity (Wildman–Crippen MR) is 75.1 cm³/mol. The summed E-state index contributed by atoms with van der Waals surface area (Å²) in [5.41, 5.74) is -0.105. The molecule has 0 unspecified atom stereocenters. The van der Waals surface area contributed by atoms with Gasteiger partial charge in [0, 0.05) is 24.7 Å². The molecule has 0 aliphatic carbocycles. The van der Waals surface area contributed by atoms with Crippen molar-refractivity contribution in [3.05, 3.63) is 23.8 Å². The summed E-state index contributed by atoms with van der Waals surface area (Å²) in [5.74, 6) is -5.66. The molecule has 0 aromatic heterocycles. The van der Waals surface area contributed by atoms with E-state index < -0.39 is 17.5 Å². The van der Waals surface area contributed by atoms with E-state index in [2.05, 4.69) is 4.74 Å².